The van der Waals surface area contributed by atoms with Crippen LogP contribution in [0.3, 0.4) is 0 Å². The van der Waals surface area contributed by atoms with Gasteiger partial charge in [0, 0.05) is 6.20 Å². The number of aliphatic hydroxyl groups excluding tert-OH is 1. The number of rotatable bonds is 5. The Morgan fingerprint density at radius 3 is 3.06 bits per heavy atom. The highest BCUT2D eigenvalue weighted by atomic mass is 16.3. The van der Waals surface area contributed by atoms with E-state index in [1.807, 2.05) is 0 Å². The molecule has 18 heavy (non-hydrogen) atoms. The van der Waals surface area contributed by atoms with Crippen LogP contribution in [0.2, 0.25) is 0 Å². The molecule has 2 rings (SSSR count). The molecule has 0 aliphatic heterocycles. The molecule has 0 aliphatic rings. The molecule has 2 aromatic rings. The summed E-state index contributed by atoms with van der Waals surface area (Å²) in [7, 11) is 0. The van der Waals surface area contributed by atoms with Crippen LogP contribution in [0.15, 0.2) is 29.6 Å². The van der Waals surface area contributed by atoms with Gasteiger partial charge in [-0.15, -0.1) is 0 Å². The largest absolute Gasteiger partial charge is 0.394 e. The molecule has 1 unspecified atom stereocenters. The molecule has 0 fully saturated rings. The maximum atomic E-state index is 12.3. The molecule has 0 amide bonds. The second kappa shape index (κ2) is 5.73. The molecule has 0 aliphatic carbocycles. The molecule has 5 nitrogen and oxygen atoms in total. The molecule has 96 valence electrons. The van der Waals surface area contributed by atoms with Gasteiger partial charge in [-0.2, -0.15) is 0 Å². The van der Waals surface area contributed by atoms with Gasteiger partial charge in [0.05, 0.1) is 36.1 Å². The standard InChI is InChI=1S/C13H17N3O2/c1-2-3-4-10(8-17)16-9-15-12-7-14-6-5-11(12)13(16)18/h5-7,9-10,17H,2-4,8H2,1H3. The van der Waals surface area contributed by atoms with Crippen LogP contribution in [0.5, 0.6) is 0 Å². The van der Waals surface area contributed by atoms with Crippen LogP contribution in [0.1, 0.15) is 32.2 Å². The maximum absolute atomic E-state index is 12.3. The summed E-state index contributed by atoms with van der Waals surface area (Å²) >= 11 is 0. The molecule has 1 atom stereocenters. The lowest BCUT2D eigenvalue weighted by molar-refractivity contribution is 0.215. The Kier molecular flexibility index (Phi) is 4.04. The van der Waals surface area contributed by atoms with Crippen molar-refractivity contribution in [2.75, 3.05) is 6.61 Å². The van der Waals surface area contributed by atoms with Crippen LogP contribution in [0.25, 0.3) is 10.9 Å². The normalized spacial score (nSPS) is 12.8. The van der Waals surface area contributed by atoms with Gasteiger partial charge in [-0.3, -0.25) is 14.3 Å². The van der Waals surface area contributed by atoms with Gasteiger partial charge in [0.1, 0.15) is 0 Å². The minimum absolute atomic E-state index is 0.0435. The summed E-state index contributed by atoms with van der Waals surface area (Å²) < 4.78 is 1.53. The highest BCUT2D eigenvalue weighted by molar-refractivity contribution is 5.75. The Hall–Kier alpha value is -1.75. The van der Waals surface area contributed by atoms with E-state index in [1.165, 1.54) is 10.9 Å². The summed E-state index contributed by atoms with van der Waals surface area (Å²) in [5.41, 5.74) is 0.475. The molecule has 0 radical (unpaired) electrons. The lowest BCUT2D eigenvalue weighted by atomic mass is 10.1. The fourth-order valence-electron chi connectivity index (χ4n) is 2.00. The summed E-state index contributed by atoms with van der Waals surface area (Å²) in [4.78, 5) is 20.4. The van der Waals surface area contributed by atoms with Gasteiger partial charge in [-0.1, -0.05) is 19.8 Å². The number of nitrogens with zero attached hydrogens (tertiary/aromatic N) is 3. The monoisotopic (exact) mass is 247 g/mol. The number of aromatic nitrogens is 3. The van der Waals surface area contributed by atoms with E-state index in [-0.39, 0.29) is 18.2 Å². The Morgan fingerprint density at radius 1 is 1.50 bits per heavy atom. The van der Waals surface area contributed by atoms with Crippen molar-refractivity contribution in [2.24, 2.45) is 0 Å². The SMILES string of the molecule is CCCCC(CO)n1cnc2cnccc2c1=O. The fraction of sp³-hybridized carbons (Fsp3) is 0.462. The first-order valence-electron chi connectivity index (χ1n) is 6.19. The molecular weight excluding hydrogens is 230 g/mol. The number of unbranched alkanes of at least 4 members (excludes halogenated alkanes) is 1. The van der Waals surface area contributed by atoms with E-state index in [9.17, 15) is 9.90 Å². The van der Waals surface area contributed by atoms with Gasteiger partial charge in [-0.05, 0) is 12.5 Å². The van der Waals surface area contributed by atoms with Crippen LogP contribution in [0, 0.1) is 0 Å². The van der Waals surface area contributed by atoms with Crippen LogP contribution >= 0.6 is 0 Å². The third kappa shape index (κ3) is 2.41. The van der Waals surface area contributed by atoms with Crippen LogP contribution in [-0.2, 0) is 0 Å². The van der Waals surface area contributed by atoms with Crippen LogP contribution in [0.4, 0.5) is 0 Å². The van der Waals surface area contributed by atoms with Crippen molar-refractivity contribution in [3.05, 3.63) is 35.1 Å². The van der Waals surface area contributed by atoms with Gasteiger partial charge in [0.15, 0.2) is 0 Å². The van der Waals surface area contributed by atoms with Gasteiger partial charge in [-0.25, -0.2) is 4.98 Å². The summed E-state index contributed by atoms with van der Waals surface area (Å²) in [6.07, 6.45) is 7.45. The molecule has 2 heterocycles. The predicted octanol–water partition coefficient (Wildman–Crippen LogP) is 1.52. The zero-order valence-electron chi connectivity index (χ0n) is 10.4. The van der Waals surface area contributed by atoms with Crippen molar-refractivity contribution >= 4 is 10.9 Å². The second-order valence-corrected chi connectivity index (χ2v) is 4.33. The van der Waals surface area contributed by atoms with E-state index < -0.39 is 0 Å². The Labute approximate surface area is 105 Å². The molecule has 1 N–H and O–H groups in total. The van der Waals surface area contributed by atoms with E-state index in [0.717, 1.165) is 19.3 Å². The van der Waals surface area contributed by atoms with Crippen molar-refractivity contribution in [3.8, 4) is 0 Å². The molecule has 2 aromatic heterocycles. The molecule has 0 spiro atoms. The summed E-state index contributed by atoms with van der Waals surface area (Å²) in [6, 6.07) is 1.47. The lowest BCUT2D eigenvalue weighted by Gasteiger charge is -2.16. The maximum Gasteiger partial charge on any atom is 0.261 e. The average Bonchev–Trinajstić information content (AvgIpc) is 2.42. The number of fused-ring (bicyclic) bond motifs is 1. The van der Waals surface area contributed by atoms with Gasteiger partial charge < -0.3 is 5.11 Å². The summed E-state index contributed by atoms with van der Waals surface area (Å²) in [5, 5.41) is 9.95. The summed E-state index contributed by atoms with van der Waals surface area (Å²) in [6.45, 7) is 2.04. The highest BCUT2D eigenvalue weighted by Gasteiger charge is 2.13. The molecule has 0 bridgehead atoms. The fourth-order valence-corrected chi connectivity index (χ4v) is 2.00. The molecule has 0 saturated carbocycles. The van der Waals surface area contributed by atoms with Crippen LogP contribution in [-0.4, -0.2) is 26.2 Å². The number of pyridine rings is 1. The smallest absolute Gasteiger partial charge is 0.261 e. The van der Waals surface area contributed by atoms with Crippen molar-refractivity contribution in [2.45, 2.75) is 32.2 Å². The number of aliphatic hydroxyl groups is 1. The van der Waals surface area contributed by atoms with Crippen molar-refractivity contribution in [1.29, 1.82) is 0 Å². The number of hydrogen-bond acceptors (Lipinski definition) is 4. The Morgan fingerprint density at radius 2 is 2.33 bits per heavy atom. The minimum atomic E-state index is -0.192. The van der Waals surface area contributed by atoms with E-state index >= 15 is 0 Å². The first-order chi connectivity index (χ1) is 8.77. The highest BCUT2D eigenvalue weighted by Crippen LogP contribution is 2.13. The molecule has 0 saturated heterocycles. The molecule has 0 aromatic carbocycles. The Bertz CT molecular complexity index is 580. The van der Waals surface area contributed by atoms with E-state index in [2.05, 4.69) is 16.9 Å². The van der Waals surface area contributed by atoms with Gasteiger partial charge >= 0.3 is 0 Å². The molecular formula is C13H17N3O2. The second-order valence-electron chi connectivity index (χ2n) is 4.33. The quantitative estimate of drug-likeness (QED) is 0.869. The molecule has 5 heteroatoms. The van der Waals surface area contributed by atoms with Crippen molar-refractivity contribution in [3.63, 3.8) is 0 Å². The first kappa shape index (κ1) is 12.7. The average molecular weight is 247 g/mol. The topological polar surface area (TPSA) is 68.0 Å². The van der Waals surface area contributed by atoms with Crippen molar-refractivity contribution in [1.82, 2.24) is 14.5 Å². The summed E-state index contributed by atoms with van der Waals surface area (Å²) in [5.74, 6) is 0. The minimum Gasteiger partial charge on any atom is -0.394 e. The predicted molar refractivity (Wildman–Crippen MR) is 69.4 cm³/mol. The zero-order valence-corrected chi connectivity index (χ0v) is 10.4. The third-order valence-corrected chi connectivity index (χ3v) is 3.08. The van der Waals surface area contributed by atoms with Crippen LogP contribution < -0.4 is 5.56 Å². The number of hydrogen-bond donors (Lipinski definition) is 1. The van der Waals surface area contributed by atoms with Crippen molar-refractivity contribution < 1.29 is 5.11 Å². The van der Waals surface area contributed by atoms with E-state index in [4.69, 9.17) is 0 Å². The zero-order chi connectivity index (χ0) is 13.0. The third-order valence-electron chi connectivity index (χ3n) is 3.08. The Balaban J connectivity index is 2.44. The lowest BCUT2D eigenvalue weighted by Crippen LogP contribution is -2.27. The van der Waals surface area contributed by atoms with Gasteiger partial charge in [0.2, 0.25) is 0 Å². The van der Waals surface area contributed by atoms with E-state index in [1.54, 1.807) is 18.5 Å². The first-order valence-corrected chi connectivity index (χ1v) is 6.19. The van der Waals surface area contributed by atoms with Gasteiger partial charge in [0.25, 0.3) is 5.56 Å². The van der Waals surface area contributed by atoms with E-state index in [0.29, 0.717) is 10.9 Å².